The van der Waals surface area contributed by atoms with Gasteiger partial charge in [-0.2, -0.15) is 0 Å². The summed E-state index contributed by atoms with van der Waals surface area (Å²) < 4.78 is 0. The van der Waals surface area contributed by atoms with Crippen molar-refractivity contribution < 1.29 is 14.4 Å². The number of amides is 4. The van der Waals surface area contributed by atoms with Crippen LogP contribution in [0, 0.1) is 0 Å². The van der Waals surface area contributed by atoms with E-state index in [1.165, 1.54) is 5.56 Å². The van der Waals surface area contributed by atoms with Crippen molar-refractivity contribution in [3.63, 3.8) is 0 Å². The summed E-state index contributed by atoms with van der Waals surface area (Å²) in [5.41, 5.74) is 2.54. The average Bonchev–Trinajstić information content (AvgIpc) is 2.76. The van der Waals surface area contributed by atoms with Crippen LogP contribution < -0.4 is 16.0 Å². The predicted molar refractivity (Wildman–Crippen MR) is 86.9 cm³/mol. The Morgan fingerprint density at radius 2 is 1.83 bits per heavy atom. The average molecular weight is 317 g/mol. The Labute approximate surface area is 136 Å². The molecule has 2 rings (SSSR count). The fourth-order valence-electron chi connectivity index (χ4n) is 2.38. The predicted octanol–water partition coefficient (Wildman–Crippen LogP) is 1.24. The van der Waals surface area contributed by atoms with Crippen LogP contribution in [0.25, 0.3) is 0 Å². The molecular formula is C17H23N3O3. The van der Waals surface area contributed by atoms with Gasteiger partial charge >= 0.3 is 6.03 Å². The molecule has 0 bridgehead atoms. The third kappa shape index (κ3) is 4.81. The van der Waals surface area contributed by atoms with Crippen LogP contribution in [0.2, 0.25) is 0 Å². The zero-order valence-corrected chi connectivity index (χ0v) is 13.7. The van der Waals surface area contributed by atoms with E-state index < -0.39 is 18.0 Å². The first-order valence-electron chi connectivity index (χ1n) is 7.73. The number of hydrogen-bond acceptors (Lipinski definition) is 3. The zero-order chi connectivity index (χ0) is 17.0. The molecule has 0 aromatic heterocycles. The summed E-state index contributed by atoms with van der Waals surface area (Å²) in [6, 6.07) is 7.03. The van der Waals surface area contributed by atoms with Crippen LogP contribution in [0.15, 0.2) is 24.3 Å². The Kier molecular flexibility index (Phi) is 5.03. The summed E-state index contributed by atoms with van der Waals surface area (Å²) in [6.07, 6.45) is 0.680. The van der Waals surface area contributed by atoms with Crippen LogP contribution >= 0.6 is 0 Å². The van der Waals surface area contributed by atoms with E-state index in [2.05, 4.69) is 61.0 Å². The van der Waals surface area contributed by atoms with Gasteiger partial charge in [-0.3, -0.25) is 14.9 Å². The fraction of sp³-hybridized carbons (Fsp3) is 0.471. The summed E-state index contributed by atoms with van der Waals surface area (Å²) in [4.78, 5) is 34.1. The van der Waals surface area contributed by atoms with Crippen molar-refractivity contribution in [3.05, 3.63) is 35.4 Å². The first kappa shape index (κ1) is 17.0. The van der Waals surface area contributed by atoms with Gasteiger partial charge in [0.25, 0.3) is 5.91 Å². The minimum Gasteiger partial charge on any atom is -0.356 e. The second-order valence-electron chi connectivity index (χ2n) is 6.77. The van der Waals surface area contributed by atoms with E-state index >= 15 is 0 Å². The minimum atomic E-state index is -0.770. The van der Waals surface area contributed by atoms with Crippen LogP contribution in [-0.4, -0.2) is 30.4 Å². The molecule has 0 saturated carbocycles. The lowest BCUT2D eigenvalue weighted by Gasteiger charge is -2.19. The van der Waals surface area contributed by atoms with Crippen molar-refractivity contribution >= 4 is 17.8 Å². The highest BCUT2D eigenvalue weighted by Crippen LogP contribution is 2.22. The van der Waals surface area contributed by atoms with Gasteiger partial charge in [-0.15, -0.1) is 0 Å². The van der Waals surface area contributed by atoms with E-state index in [1.807, 2.05) is 0 Å². The van der Waals surface area contributed by atoms with Crippen molar-refractivity contribution in [2.75, 3.05) is 6.54 Å². The number of urea groups is 1. The molecule has 6 heteroatoms. The molecule has 1 unspecified atom stereocenters. The normalized spacial score (nSPS) is 17.6. The van der Waals surface area contributed by atoms with E-state index in [4.69, 9.17) is 0 Å². The van der Waals surface area contributed by atoms with Crippen molar-refractivity contribution in [2.45, 2.75) is 45.1 Å². The molecule has 1 aromatic carbocycles. The molecule has 1 saturated heterocycles. The minimum absolute atomic E-state index is 0.0411. The Balaban J connectivity index is 1.75. The molecule has 6 nitrogen and oxygen atoms in total. The molecular weight excluding hydrogens is 294 g/mol. The Morgan fingerprint density at radius 1 is 1.17 bits per heavy atom. The number of rotatable bonds is 5. The second kappa shape index (κ2) is 6.81. The number of imide groups is 1. The molecule has 1 fully saturated rings. The van der Waals surface area contributed by atoms with Gasteiger partial charge in [0, 0.05) is 6.54 Å². The molecule has 1 aliphatic heterocycles. The topological polar surface area (TPSA) is 87.3 Å². The van der Waals surface area contributed by atoms with E-state index in [9.17, 15) is 14.4 Å². The van der Waals surface area contributed by atoms with Gasteiger partial charge in [0.2, 0.25) is 5.91 Å². The summed E-state index contributed by atoms with van der Waals surface area (Å²) >= 11 is 0. The van der Waals surface area contributed by atoms with Crippen LogP contribution in [0.4, 0.5) is 4.79 Å². The maximum absolute atomic E-state index is 11.8. The lowest BCUT2D eigenvalue weighted by Crippen LogP contribution is -2.36. The van der Waals surface area contributed by atoms with Gasteiger partial charge in [-0.1, -0.05) is 45.0 Å². The summed E-state index contributed by atoms with van der Waals surface area (Å²) in [5.74, 6) is -0.707. The number of benzene rings is 1. The van der Waals surface area contributed by atoms with Crippen LogP contribution in [-0.2, 0) is 21.4 Å². The third-order valence-corrected chi connectivity index (χ3v) is 3.80. The van der Waals surface area contributed by atoms with Gasteiger partial charge in [0.1, 0.15) is 6.04 Å². The molecule has 1 atom stereocenters. The second-order valence-corrected chi connectivity index (χ2v) is 6.77. The molecule has 1 heterocycles. The van der Waals surface area contributed by atoms with Crippen molar-refractivity contribution in [1.82, 2.24) is 16.0 Å². The molecule has 23 heavy (non-hydrogen) atoms. The first-order valence-corrected chi connectivity index (χ1v) is 7.73. The lowest BCUT2D eigenvalue weighted by atomic mass is 9.86. The molecule has 1 aromatic rings. The van der Waals surface area contributed by atoms with Gasteiger partial charge in [-0.05, 0) is 23.0 Å². The van der Waals surface area contributed by atoms with Gasteiger partial charge in [0.15, 0.2) is 0 Å². The quantitative estimate of drug-likeness (QED) is 0.714. The smallest absolute Gasteiger partial charge is 0.322 e. The van der Waals surface area contributed by atoms with Crippen molar-refractivity contribution in [2.24, 2.45) is 0 Å². The molecule has 124 valence electrons. The summed E-state index contributed by atoms with van der Waals surface area (Å²) in [5, 5.41) is 7.27. The number of carbonyl (C=O) groups excluding carboxylic acids is 3. The lowest BCUT2D eigenvalue weighted by molar-refractivity contribution is -0.126. The molecule has 4 amide bonds. The first-order chi connectivity index (χ1) is 10.8. The van der Waals surface area contributed by atoms with Gasteiger partial charge < -0.3 is 10.6 Å². The van der Waals surface area contributed by atoms with Crippen LogP contribution in [0.3, 0.4) is 0 Å². The Bertz CT molecular complexity index is 603. The van der Waals surface area contributed by atoms with Crippen LogP contribution in [0.1, 0.15) is 38.3 Å². The maximum Gasteiger partial charge on any atom is 0.322 e. The van der Waals surface area contributed by atoms with Crippen LogP contribution in [0.5, 0.6) is 0 Å². The maximum atomic E-state index is 11.8. The standard InChI is InChI=1S/C17H23N3O3/c1-17(2,3)12-6-4-11(5-7-12)8-9-18-14(21)10-13-15(22)20-16(23)19-13/h4-7,13H,8-10H2,1-3H3,(H,18,21)(H2,19,20,22,23). The zero-order valence-electron chi connectivity index (χ0n) is 13.7. The largest absolute Gasteiger partial charge is 0.356 e. The number of nitrogens with one attached hydrogen (secondary N) is 3. The SMILES string of the molecule is CC(C)(C)c1ccc(CCNC(=O)CC2NC(=O)NC2=O)cc1. The van der Waals surface area contributed by atoms with Crippen molar-refractivity contribution in [1.29, 1.82) is 0 Å². The highest BCUT2D eigenvalue weighted by molar-refractivity contribution is 6.05. The van der Waals surface area contributed by atoms with Crippen molar-refractivity contribution in [3.8, 4) is 0 Å². The van der Waals surface area contributed by atoms with Gasteiger partial charge in [-0.25, -0.2) is 4.79 Å². The van der Waals surface area contributed by atoms with Gasteiger partial charge in [0.05, 0.1) is 6.42 Å². The Morgan fingerprint density at radius 3 is 2.35 bits per heavy atom. The molecule has 0 aliphatic carbocycles. The number of hydrogen-bond donors (Lipinski definition) is 3. The van der Waals surface area contributed by atoms with E-state index in [0.717, 1.165) is 12.0 Å². The summed E-state index contributed by atoms with van der Waals surface area (Å²) in [6.45, 7) is 7.00. The highest BCUT2D eigenvalue weighted by atomic mass is 16.2. The fourth-order valence-corrected chi connectivity index (χ4v) is 2.38. The molecule has 3 N–H and O–H groups in total. The highest BCUT2D eigenvalue weighted by Gasteiger charge is 2.31. The molecule has 1 aliphatic rings. The number of carbonyl (C=O) groups is 3. The van der Waals surface area contributed by atoms with E-state index in [-0.39, 0.29) is 17.7 Å². The van der Waals surface area contributed by atoms with E-state index in [1.54, 1.807) is 0 Å². The molecule has 0 spiro atoms. The third-order valence-electron chi connectivity index (χ3n) is 3.80. The van der Waals surface area contributed by atoms with E-state index in [0.29, 0.717) is 6.54 Å². The molecule has 0 radical (unpaired) electrons. The Hall–Kier alpha value is -2.37. The monoisotopic (exact) mass is 317 g/mol. The summed E-state index contributed by atoms with van der Waals surface area (Å²) in [7, 11) is 0.